The van der Waals surface area contributed by atoms with Crippen molar-refractivity contribution < 1.29 is 37.4 Å². The summed E-state index contributed by atoms with van der Waals surface area (Å²) in [6, 6.07) is 5.31. The molecule has 8 aliphatic rings. The molecule has 4 aromatic rings. The number of nitriles is 1. The van der Waals surface area contributed by atoms with Gasteiger partial charge in [-0.3, -0.25) is 19.6 Å². The molecule has 2 aromatic heterocycles. The number of carbonyl (C=O) groups excluding carboxylic acids is 4. The van der Waals surface area contributed by atoms with Crippen LogP contribution in [0.5, 0.6) is 0 Å². The van der Waals surface area contributed by atoms with Crippen molar-refractivity contribution >= 4 is 129 Å². The molecule has 0 radical (unpaired) electrons. The zero-order valence-corrected chi connectivity index (χ0v) is 41.5. The average molecular weight is 1130 g/mol. The fourth-order valence-corrected chi connectivity index (χ4v) is 11.4. The molecule has 6 atom stereocenters. The maximum Gasteiger partial charge on any atom is 0.410 e. The van der Waals surface area contributed by atoms with Crippen LogP contribution in [0.25, 0.3) is 27.9 Å². The minimum absolute atomic E-state index is 0.0210. The molecule has 0 spiro atoms. The number of carbonyl (C=O) groups is 4. The van der Waals surface area contributed by atoms with Crippen LogP contribution in [-0.2, 0) is 19.1 Å². The molecule has 6 unspecified atom stereocenters. The maximum absolute atomic E-state index is 15.2. The normalized spacial score (nSPS) is 24.1. The van der Waals surface area contributed by atoms with Crippen molar-refractivity contribution in [2.24, 2.45) is 11.8 Å². The van der Waals surface area contributed by atoms with E-state index in [9.17, 15) is 23.6 Å². The molecule has 2 aromatic carbocycles. The van der Waals surface area contributed by atoms with Gasteiger partial charge in [-0.1, -0.05) is 0 Å². The lowest BCUT2D eigenvalue weighted by Gasteiger charge is -2.47. The number of allylic oxidation sites excluding steroid dienone is 1. The number of nitrogens with zero attached hydrogens (tertiary/aromatic N) is 7. The number of ether oxygens (including phenoxy) is 2. The van der Waals surface area contributed by atoms with E-state index >= 15 is 4.39 Å². The van der Waals surface area contributed by atoms with Gasteiger partial charge in [0.2, 0.25) is 11.8 Å². The molecule has 2 saturated carbocycles. The van der Waals surface area contributed by atoms with Crippen molar-refractivity contribution in [3.8, 4) is 6.07 Å². The molecule has 12 rings (SSSR count). The Morgan fingerprint density at radius 3 is 1.69 bits per heavy atom. The van der Waals surface area contributed by atoms with E-state index in [2.05, 4.69) is 75.1 Å². The number of hydrogen-bond acceptors (Lipinski definition) is 11. The minimum Gasteiger partial charge on any atom is -0.444 e. The number of pyridine rings is 2. The maximum atomic E-state index is 15.2. The largest absolute Gasteiger partial charge is 0.444 e. The molecular weight excluding hydrogens is 1090 g/mol. The van der Waals surface area contributed by atoms with Gasteiger partial charge in [0.1, 0.15) is 22.2 Å². The number of fused-ring (bicyclic) bond motifs is 8. The summed E-state index contributed by atoms with van der Waals surface area (Å²) in [5.74, 6) is -0.881. The third kappa shape index (κ3) is 8.02. The van der Waals surface area contributed by atoms with Gasteiger partial charge in [-0.2, -0.15) is 5.26 Å². The first-order chi connectivity index (χ1) is 30.6. The number of rotatable bonds is 3. The Bertz CT molecular complexity index is 2810. The lowest BCUT2D eigenvalue weighted by Crippen LogP contribution is -2.59. The Balaban J connectivity index is 0.000000165. The topological polar surface area (TPSA) is 173 Å². The average Bonchev–Trinajstić information content (AvgIpc) is 4.01. The van der Waals surface area contributed by atoms with Crippen molar-refractivity contribution in [2.45, 2.75) is 89.8 Å². The van der Waals surface area contributed by atoms with Crippen molar-refractivity contribution in [3.63, 3.8) is 0 Å². The fourth-order valence-electron chi connectivity index (χ4n) is 10.1. The molecule has 8 heterocycles. The van der Waals surface area contributed by atoms with Crippen LogP contribution >= 0.6 is 54.5 Å². The molecular formula is C45H44Br2F2IN9O6. The second-order valence-corrected chi connectivity index (χ2v) is 21.8. The number of hydrogen-bond donors (Lipinski definition) is 2. The zero-order chi connectivity index (χ0) is 46.6. The van der Waals surface area contributed by atoms with Crippen LogP contribution in [0.15, 0.2) is 39.5 Å². The third-order valence-corrected chi connectivity index (χ3v) is 15.8. The quantitative estimate of drug-likeness (QED) is 0.114. The summed E-state index contributed by atoms with van der Waals surface area (Å²) in [6.45, 7) is 12.4. The van der Waals surface area contributed by atoms with Gasteiger partial charge in [-0.05, 0) is 133 Å². The summed E-state index contributed by atoms with van der Waals surface area (Å²) in [5, 5.41) is 15.8. The van der Waals surface area contributed by atoms with E-state index in [1.54, 1.807) is 15.9 Å². The fraction of sp³-hybridized carbons (Fsp3) is 0.444. The van der Waals surface area contributed by atoms with Crippen molar-refractivity contribution in [1.82, 2.24) is 19.8 Å². The van der Waals surface area contributed by atoms with E-state index < -0.39 is 22.8 Å². The second-order valence-electron chi connectivity index (χ2n) is 19.1. The van der Waals surface area contributed by atoms with Crippen molar-refractivity contribution in [2.75, 3.05) is 46.6 Å². The highest BCUT2D eigenvalue weighted by Gasteiger charge is 2.59. The van der Waals surface area contributed by atoms with Gasteiger partial charge in [0, 0.05) is 45.3 Å². The number of aromatic nitrogens is 2. The molecule has 4 amide bonds. The predicted molar refractivity (Wildman–Crippen MR) is 255 cm³/mol. The number of halogens is 5. The SMILES string of the molecule is CC(C)(C)OC(=O)N1CC2CC1C2N1CC(=O)Nc2cnc3c(F)c(Br)c(/C=C/C#N)cc3c21.CC(C)(C)OC(=O)N1CC2CC1C2N1CC(=O)Nc2cnc3c(F)c(Br)c(I)cc3c21. The summed E-state index contributed by atoms with van der Waals surface area (Å²) < 4.78 is 42.7. The van der Waals surface area contributed by atoms with Crippen LogP contribution < -0.4 is 20.4 Å². The van der Waals surface area contributed by atoms with Gasteiger partial charge in [0.15, 0.2) is 11.6 Å². The summed E-state index contributed by atoms with van der Waals surface area (Å²) >= 11 is 8.63. The second kappa shape index (κ2) is 16.5. The van der Waals surface area contributed by atoms with E-state index in [4.69, 9.17) is 14.7 Å². The Labute approximate surface area is 403 Å². The Hall–Kier alpha value is -4.88. The van der Waals surface area contributed by atoms with Crippen LogP contribution in [-0.4, -0.2) is 105 Å². The molecule has 2 N–H and O–H groups in total. The highest BCUT2D eigenvalue weighted by Crippen LogP contribution is 2.52. The smallest absolute Gasteiger partial charge is 0.410 e. The molecule has 15 nitrogen and oxygen atoms in total. The number of amides is 4. The Morgan fingerprint density at radius 1 is 0.800 bits per heavy atom. The summed E-state index contributed by atoms with van der Waals surface area (Å²) in [7, 11) is 0. The van der Waals surface area contributed by atoms with Gasteiger partial charge in [0.05, 0.1) is 87.4 Å². The lowest BCUT2D eigenvalue weighted by molar-refractivity contribution is -0.116. The lowest BCUT2D eigenvalue weighted by atomic mass is 9.78. The number of benzene rings is 2. The molecule has 20 heteroatoms. The molecule has 2 aliphatic carbocycles. The predicted octanol–water partition coefficient (Wildman–Crippen LogP) is 8.95. The van der Waals surface area contributed by atoms with Gasteiger partial charge < -0.3 is 39.7 Å². The van der Waals surface area contributed by atoms with Gasteiger partial charge in [0.25, 0.3) is 0 Å². The van der Waals surface area contributed by atoms with Gasteiger partial charge >= 0.3 is 12.2 Å². The molecule has 4 bridgehead atoms. The van der Waals surface area contributed by atoms with Crippen LogP contribution in [0.3, 0.4) is 0 Å². The first-order valence-corrected chi connectivity index (χ1v) is 23.8. The van der Waals surface area contributed by atoms with E-state index in [1.165, 1.54) is 24.5 Å². The Morgan fingerprint density at radius 2 is 1.25 bits per heavy atom. The van der Waals surface area contributed by atoms with Crippen LogP contribution in [0.1, 0.15) is 59.9 Å². The van der Waals surface area contributed by atoms with Crippen molar-refractivity contribution in [1.29, 1.82) is 5.26 Å². The monoisotopic (exact) mass is 1130 g/mol. The Kier molecular flexibility index (Phi) is 11.5. The van der Waals surface area contributed by atoms with E-state index in [0.29, 0.717) is 51.0 Å². The molecule has 4 saturated heterocycles. The van der Waals surface area contributed by atoms with Crippen LogP contribution in [0, 0.1) is 38.4 Å². The highest BCUT2D eigenvalue weighted by molar-refractivity contribution is 14.1. The summed E-state index contributed by atoms with van der Waals surface area (Å²) in [6.07, 6.45) is 6.79. The molecule has 6 fully saturated rings. The molecule has 65 heavy (non-hydrogen) atoms. The number of anilines is 4. The first-order valence-electron chi connectivity index (χ1n) is 21.1. The van der Waals surface area contributed by atoms with Crippen LogP contribution in [0.2, 0.25) is 0 Å². The van der Waals surface area contributed by atoms with Gasteiger partial charge in [-0.15, -0.1) is 0 Å². The van der Waals surface area contributed by atoms with Crippen molar-refractivity contribution in [3.05, 3.63) is 60.3 Å². The number of nitrogens with one attached hydrogen (secondary N) is 2. The van der Waals surface area contributed by atoms with E-state index in [1.807, 2.05) is 63.5 Å². The van der Waals surface area contributed by atoms with E-state index in [-0.39, 0.29) is 88.6 Å². The van der Waals surface area contributed by atoms with E-state index in [0.717, 1.165) is 22.1 Å². The highest BCUT2D eigenvalue weighted by atomic mass is 127. The summed E-state index contributed by atoms with van der Waals surface area (Å²) in [4.78, 5) is 66.6. The zero-order valence-electron chi connectivity index (χ0n) is 36.1. The van der Waals surface area contributed by atoms with Gasteiger partial charge in [-0.25, -0.2) is 18.4 Å². The van der Waals surface area contributed by atoms with Crippen LogP contribution in [0.4, 0.5) is 41.1 Å². The molecule has 6 aliphatic heterocycles. The standard InChI is InChI=1S/C24H23BrFN5O3.C21H21BrFIN4O3/c1-24(2,3)34-23(33)30-10-13-8-16(30)21(13)31-11-17(32)29-15-9-28-20-14(22(15)31)7-12(5-4-6-27)18(25)19(20)26;1-21(2,3)31-20(30)27-7-9-4-13(27)18(9)28-8-14(29)26-12-6-25-17-10(19(12)28)5-11(24)15(22)16(17)23/h4-5,7,9,13,16,21H,8,10-11H2,1-3H3,(H,29,32);5-6,9,13,18H,4,7-8H2,1-3H3,(H,26,29)/b5-4+;. The molecule has 340 valence electrons. The minimum atomic E-state index is -0.600. The third-order valence-electron chi connectivity index (χ3n) is 12.6. The summed E-state index contributed by atoms with van der Waals surface area (Å²) in [5.41, 5.74) is 2.24. The first kappa shape index (κ1) is 45.3.